The van der Waals surface area contributed by atoms with E-state index in [0.717, 1.165) is 13.0 Å². The molecule has 1 atom stereocenters. The molecular formula is C12H22N2O2S2. The second-order valence-corrected chi connectivity index (χ2v) is 7.86. The molecule has 0 amide bonds. The van der Waals surface area contributed by atoms with E-state index in [-0.39, 0.29) is 0 Å². The fraction of sp³-hybridized carbons (Fsp3) is 0.667. The number of rotatable bonds is 7. The summed E-state index contributed by atoms with van der Waals surface area (Å²) in [6, 6.07) is 2.53. The van der Waals surface area contributed by atoms with Crippen molar-refractivity contribution in [2.24, 2.45) is 0 Å². The number of sulfonamides is 1. The lowest BCUT2D eigenvalue weighted by molar-refractivity contribution is 0.548. The Kier molecular flexibility index (Phi) is 5.78. The maximum absolute atomic E-state index is 10.9. The van der Waals surface area contributed by atoms with Crippen LogP contribution in [0.25, 0.3) is 0 Å². The molecule has 0 aromatic carbocycles. The Hall–Kier alpha value is -0.430. The van der Waals surface area contributed by atoms with E-state index >= 15 is 0 Å². The van der Waals surface area contributed by atoms with Crippen LogP contribution in [0.1, 0.15) is 34.7 Å². The van der Waals surface area contributed by atoms with Gasteiger partial charge in [-0.05, 0) is 45.4 Å². The lowest BCUT2D eigenvalue weighted by atomic mass is 10.1. The molecule has 1 aromatic heterocycles. The minimum absolute atomic E-state index is 0.313. The summed E-state index contributed by atoms with van der Waals surface area (Å²) in [5.74, 6) is 0. The molecule has 0 radical (unpaired) electrons. The predicted molar refractivity (Wildman–Crippen MR) is 77.7 cm³/mol. The van der Waals surface area contributed by atoms with Crippen LogP contribution in [0, 0.1) is 13.8 Å². The summed E-state index contributed by atoms with van der Waals surface area (Å²) >= 11 is 1.81. The molecule has 0 aliphatic carbocycles. The number of nitrogens with one attached hydrogen (secondary N) is 2. The van der Waals surface area contributed by atoms with Crippen molar-refractivity contribution in [3.05, 3.63) is 21.4 Å². The van der Waals surface area contributed by atoms with E-state index in [1.54, 1.807) is 0 Å². The van der Waals surface area contributed by atoms with Gasteiger partial charge in [-0.1, -0.05) is 0 Å². The number of aryl methyl sites for hydroxylation is 2. The Morgan fingerprint density at radius 2 is 2.00 bits per heavy atom. The summed E-state index contributed by atoms with van der Waals surface area (Å²) in [5.41, 5.74) is 1.34. The van der Waals surface area contributed by atoms with E-state index in [9.17, 15) is 8.42 Å². The standard InChI is InChI=1S/C12H22N2O2S2/c1-9-8-12(11(3)17-9)10(2)13-6-5-7-14-18(4,15)16/h8,10,13-14H,5-7H2,1-4H3. The lowest BCUT2D eigenvalue weighted by Gasteiger charge is -2.13. The van der Waals surface area contributed by atoms with Crippen molar-refractivity contribution >= 4 is 21.4 Å². The van der Waals surface area contributed by atoms with Gasteiger partial charge in [-0.3, -0.25) is 0 Å². The molecular weight excluding hydrogens is 268 g/mol. The average molecular weight is 290 g/mol. The highest BCUT2D eigenvalue weighted by Crippen LogP contribution is 2.25. The normalized spacial score (nSPS) is 13.8. The van der Waals surface area contributed by atoms with E-state index in [0.29, 0.717) is 12.6 Å². The molecule has 104 valence electrons. The largest absolute Gasteiger partial charge is 0.310 e. The first-order valence-electron chi connectivity index (χ1n) is 6.04. The molecule has 0 spiro atoms. The van der Waals surface area contributed by atoms with Gasteiger partial charge in [-0.2, -0.15) is 0 Å². The highest BCUT2D eigenvalue weighted by atomic mass is 32.2. The summed E-state index contributed by atoms with van der Waals surface area (Å²) < 4.78 is 24.2. The maximum atomic E-state index is 10.9. The fourth-order valence-corrected chi connectivity index (χ4v) is 3.39. The molecule has 0 bridgehead atoms. The van der Waals surface area contributed by atoms with Gasteiger partial charge in [-0.15, -0.1) is 11.3 Å². The molecule has 1 unspecified atom stereocenters. The van der Waals surface area contributed by atoms with Gasteiger partial charge < -0.3 is 5.32 Å². The van der Waals surface area contributed by atoms with Crippen LogP contribution in [0.2, 0.25) is 0 Å². The van der Waals surface area contributed by atoms with E-state index in [2.05, 4.69) is 36.9 Å². The second kappa shape index (κ2) is 6.65. The first kappa shape index (κ1) is 15.6. The Morgan fingerprint density at radius 1 is 1.33 bits per heavy atom. The molecule has 1 heterocycles. The lowest BCUT2D eigenvalue weighted by Crippen LogP contribution is -2.27. The predicted octanol–water partition coefficient (Wildman–Crippen LogP) is 1.95. The van der Waals surface area contributed by atoms with Crippen molar-refractivity contribution in [3.8, 4) is 0 Å². The van der Waals surface area contributed by atoms with Gasteiger partial charge in [0.2, 0.25) is 10.0 Å². The Balaban J connectivity index is 2.30. The number of thiophene rings is 1. The van der Waals surface area contributed by atoms with Crippen LogP contribution in [0.15, 0.2) is 6.07 Å². The molecule has 0 fully saturated rings. The zero-order valence-corrected chi connectivity index (χ0v) is 13.0. The van der Waals surface area contributed by atoms with Crippen LogP contribution in [-0.4, -0.2) is 27.8 Å². The zero-order chi connectivity index (χ0) is 13.8. The van der Waals surface area contributed by atoms with E-state index in [1.165, 1.54) is 21.6 Å². The van der Waals surface area contributed by atoms with Crippen molar-refractivity contribution in [2.45, 2.75) is 33.2 Å². The first-order valence-corrected chi connectivity index (χ1v) is 8.75. The monoisotopic (exact) mass is 290 g/mol. The summed E-state index contributed by atoms with van der Waals surface area (Å²) in [6.07, 6.45) is 1.97. The molecule has 6 heteroatoms. The highest BCUT2D eigenvalue weighted by Gasteiger charge is 2.10. The average Bonchev–Trinajstić information content (AvgIpc) is 2.55. The molecule has 0 aliphatic rings. The third-order valence-electron chi connectivity index (χ3n) is 2.71. The quantitative estimate of drug-likeness (QED) is 0.755. The fourth-order valence-electron chi connectivity index (χ4n) is 1.85. The first-order chi connectivity index (χ1) is 8.29. The smallest absolute Gasteiger partial charge is 0.208 e. The van der Waals surface area contributed by atoms with Crippen LogP contribution in [0.3, 0.4) is 0 Å². The Labute approximate surface area is 114 Å². The van der Waals surface area contributed by atoms with Gasteiger partial charge in [0.15, 0.2) is 0 Å². The third-order valence-corrected chi connectivity index (χ3v) is 4.42. The van der Waals surface area contributed by atoms with Crippen molar-refractivity contribution in [1.29, 1.82) is 0 Å². The maximum Gasteiger partial charge on any atom is 0.208 e. The van der Waals surface area contributed by atoms with Crippen molar-refractivity contribution in [2.75, 3.05) is 19.3 Å². The minimum Gasteiger partial charge on any atom is -0.310 e. The van der Waals surface area contributed by atoms with Gasteiger partial charge in [-0.25, -0.2) is 13.1 Å². The number of hydrogen-bond acceptors (Lipinski definition) is 4. The van der Waals surface area contributed by atoms with Crippen LogP contribution in [0.5, 0.6) is 0 Å². The van der Waals surface area contributed by atoms with Gasteiger partial charge >= 0.3 is 0 Å². The van der Waals surface area contributed by atoms with Crippen LogP contribution >= 0.6 is 11.3 Å². The molecule has 1 aromatic rings. The molecule has 0 saturated heterocycles. The Morgan fingerprint density at radius 3 is 2.50 bits per heavy atom. The number of hydrogen-bond donors (Lipinski definition) is 2. The minimum atomic E-state index is -3.06. The summed E-state index contributed by atoms with van der Waals surface area (Å²) in [4.78, 5) is 2.68. The molecule has 0 aliphatic heterocycles. The Bertz CT molecular complexity index is 480. The van der Waals surface area contributed by atoms with Crippen LogP contribution in [0.4, 0.5) is 0 Å². The highest BCUT2D eigenvalue weighted by molar-refractivity contribution is 7.88. The van der Waals surface area contributed by atoms with Gasteiger partial charge in [0, 0.05) is 22.3 Å². The molecule has 4 nitrogen and oxygen atoms in total. The summed E-state index contributed by atoms with van der Waals surface area (Å²) in [5, 5.41) is 3.41. The van der Waals surface area contributed by atoms with Crippen molar-refractivity contribution < 1.29 is 8.42 Å². The summed E-state index contributed by atoms with van der Waals surface area (Å²) in [6.45, 7) is 7.68. The zero-order valence-electron chi connectivity index (χ0n) is 11.4. The van der Waals surface area contributed by atoms with Gasteiger partial charge in [0.25, 0.3) is 0 Å². The van der Waals surface area contributed by atoms with E-state index in [1.807, 2.05) is 11.3 Å². The van der Waals surface area contributed by atoms with Gasteiger partial charge in [0.05, 0.1) is 6.26 Å². The van der Waals surface area contributed by atoms with Crippen LogP contribution in [-0.2, 0) is 10.0 Å². The second-order valence-electron chi connectivity index (χ2n) is 4.56. The van der Waals surface area contributed by atoms with Crippen LogP contribution < -0.4 is 10.0 Å². The van der Waals surface area contributed by atoms with E-state index in [4.69, 9.17) is 0 Å². The van der Waals surface area contributed by atoms with Crippen molar-refractivity contribution in [3.63, 3.8) is 0 Å². The van der Waals surface area contributed by atoms with Crippen molar-refractivity contribution in [1.82, 2.24) is 10.0 Å². The molecule has 18 heavy (non-hydrogen) atoms. The van der Waals surface area contributed by atoms with E-state index < -0.39 is 10.0 Å². The SMILES string of the molecule is Cc1cc(C(C)NCCCNS(C)(=O)=O)c(C)s1. The topological polar surface area (TPSA) is 58.2 Å². The molecule has 1 rings (SSSR count). The third kappa shape index (κ3) is 5.48. The summed E-state index contributed by atoms with van der Waals surface area (Å²) in [7, 11) is -3.06. The van der Waals surface area contributed by atoms with Gasteiger partial charge in [0.1, 0.15) is 0 Å². The molecule has 2 N–H and O–H groups in total. The molecule has 0 saturated carbocycles.